The van der Waals surface area contributed by atoms with Crippen LogP contribution in [0.3, 0.4) is 0 Å². The highest BCUT2D eigenvalue weighted by atomic mass is 79.9. The van der Waals surface area contributed by atoms with Crippen LogP contribution in [0.25, 0.3) is 0 Å². The van der Waals surface area contributed by atoms with Crippen LogP contribution in [0.4, 0.5) is 0 Å². The Bertz CT molecular complexity index is 673. The predicted octanol–water partition coefficient (Wildman–Crippen LogP) is 1.59. The van der Waals surface area contributed by atoms with E-state index in [1.807, 2.05) is 12.1 Å². The first kappa shape index (κ1) is 19.0. The van der Waals surface area contributed by atoms with Crippen molar-refractivity contribution in [2.45, 2.75) is 12.8 Å². The van der Waals surface area contributed by atoms with Gasteiger partial charge < -0.3 is 15.0 Å². The molecule has 1 aromatic rings. The molecule has 0 spiro atoms. The molecule has 1 saturated heterocycles. The zero-order valence-corrected chi connectivity index (χ0v) is 15.3. The van der Waals surface area contributed by atoms with Gasteiger partial charge in [0.05, 0.1) is 12.5 Å². The van der Waals surface area contributed by atoms with Crippen molar-refractivity contribution in [1.82, 2.24) is 10.2 Å². The molecule has 1 fully saturated rings. The molecule has 132 valence electrons. The summed E-state index contributed by atoms with van der Waals surface area (Å²) in [6, 6.07) is 7.17. The van der Waals surface area contributed by atoms with Crippen LogP contribution in [0, 0.1) is 18.3 Å². The molecular weight excluding hydrogens is 388 g/mol. The fourth-order valence-electron chi connectivity index (χ4n) is 2.55. The van der Waals surface area contributed by atoms with Gasteiger partial charge in [-0.25, -0.2) is 0 Å². The molecule has 2 rings (SSSR count). The molecule has 0 aromatic heterocycles. The third-order valence-corrected chi connectivity index (χ3v) is 4.47. The highest BCUT2D eigenvalue weighted by Crippen LogP contribution is 2.21. The van der Waals surface area contributed by atoms with Crippen LogP contribution in [0.2, 0.25) is 0 Å². The lowest BCUT2D eigenvalue weighted by molar-refractivity contribution is -0.153. The largest absolute Gasteiger partial charge is 0.455 e. The van der Waals surface area contributed by atoms with Gasteiger partial charge in [-0.3, -0.25) is 14.4 Å². The Labute approximate surface area is 155 Å². The van der Waals surface area contributed by atoms with E-state index in [1.165, 1.54) is 0 Å². The first-order valence-electron chi connectivity index (χ1n) is 7.93. The number of carbonyl (C=O) groups is 3. The second-order valence-corrected chi connectivity index (χ2v) is 6.58. The summed E-state index contributed by atoms with van der Waals surface area (Å²) >= 11 is 3.34. The highest BCUT2D eigenvalue weighted by molar-refractivity contribution is 9.10. The van der Waals surface area contributed by atoms with Crippen molar-refractivity contribution < 1.29 is 19.1 Å². The zero-order chi connectivity index (χ0) is 18.2. The van der Waals surface area contributed by atoms with E-state index in [-0.39, 0.29) is 25.0 Å². The Morgan fingerprint density at radius 3 is 2.48 bits per heavy atom. The molecule has 1 aliphatic heterocycles. The Morgan fingerprint density at radius 1 is 1.24 bits per heavy atom. The van der Waals surface area contributed by atoms with Gasteiger partial charge in [-0.1, -0.05) is 21.9 Å². The number of rotatable bonds is 5. The topological polar surface area (TPSA) is 75.7 Å². The number of nitrogens with zero attached hydrogens (tertiary/aromatic N) is 1. The number of likely N-dealkylation sites (tertiary alicyclic amines) is 1. The lowest BCUT2D eigenvalue weighted by Gasteiger charge is -2.31. The van der Waals surface area contributed by atoms with Crippen molar-refractivity contribution >= 4 is 33.7 Å². The first-order valence-corrected chi connectivity index (χ1v) is 8.72. The third-order valence-electron chi connectivity index (χ3n) is 3.94. The summed E-state index contributed by atoms with van der Waals surface area (Å²) in [5.74, 6) is 1.09. The van der Waals surface area contributed by atoms with Crippen LogP contribution >= 0.6 is 15.9 Å². The summed E-state index contributed by atoms with van der Waals surface area (Å²) in [7, 11) is 0. The van der Waals surface area contributed by atoms with E-state index in [0.29, 0.717) is 31.5 Å². The van der Waals surface area contributed by atoms with Crippen molar-refractivity contribution in [3.63, 3.8) is 0 Å². The van der Waals surface area contributed by atoms with Gasteiger partial charge in [0.15, 0.2) is 6.61 Å². The fourth-order valence-corrected chi connectivity index (χ4v) is 2.81. The van der Waals surface area contributed by atoms with Crippen LogP contribution in [0.15, 0.2) is 28.7 Å². The average Bonchev–Trinajstić information content (AvgIpc) is 2.64. The van der Waals surface area contributed by atoms with E-state index < -0.39 is 11.9 Å². The van der Waals surface area contributed by atoms with E-state index in [1.54, 1.807) is 17.0 Å². The molecule has 1 aromatic carbocycles. The molecule has 0 unspecified atom stereocenters. The van der Waals surface area contributed by atoms with Crippen molar-refractivity contribution in [3.05, 3.63) is 34.3 Å². The lowest BCUT2D eigenvalue weighted by atomic mass is 9.96. The van der Waals surface area contributed by atoms with E-state index in [9.17, 15) is 14.4 Å². The standard InChI is InChI=1S/C18H19BrN2O4/c1-2-9-20-16(22)12-25-18(24)14-7-10-21(11-8-14)17(23)13-3-5-15(19)6-4-13/h1,3-6,14H,7-12H2,(H,20,22). The Morgan fingerprint density at radius 2 is 1.88 bits per heavy atom. The van der Waals surface area contributed by atoms with E-state index in [2.05, 4.69) is 27.2 Å². The second-order valence-electron chi connectivity index (χ2n) is 5.66. The highest BCUT2D eigenvalue weighted by Gasteiger charge is 2.29. The molecule has 2 amide bonds. The van der Waals surface area contributed by atoms with Crippen LogP contribution < -0.4 is 5.32 Å². The number of hydrogen-bond donors (Lipinski definition) is 1. The zero-order valence-electron chi connectivity index (χ0n) is 13.7. The maximum absolute atomic E-state index is 12.4. The number of nitrogens with one attached hydrogen (secondary N) is 1. The molecule has 1 heterocycles. The van der Waals surface area contributed by atoms with Gasteiger partial charge >= 0.3 is 5.97 Å². The third kappa shape index (κ3) is 5.61. The SMILES string of the molecule is C#CCNC(=O)COC(=O)C1CCN(C(=O)c2ccc(Br)cc2)CC1. The first-order chi connectivity index (χ1) is 12.0. The number of esters is 1. The molecule has 0 radical (unpaired) electrons. The number of amides is 2. The fraction of sp³-hybridized carbons (Fsp3) is 0.389. The number of hydrogen-bond acceptors (Lipinski definition) is 4. The van der Waals surface area contributed by atoms with Crippen molar-refractivity contribution in [2.24, 2.45) is 5.92 Å². The number of halogens is 1. The summed E-state index contributed by atoms with van der Waals surface area (Å²) in [6.45, 7) is 0.738. The molecule has 0 bridgehead atoms. The summed E-state index contributed by atoms with van der Waals surface area (Å²) in [5, 5.41) is 2.43. The minimum absolute atomic E-state index is 0.0482. The summed E-state index contributed by atoms with van der Waals surface area (Å²) in [6.07, 6.45) is 6.07. The van der Waals surface area contributed by atoms with Gasteiger partial charge in [0, 0.05) is 23.1 Å². The number of piperidine rings is 1. The maximum atomic E-state index is 12.4. The minimum atomic E-state index is -0.422. The molecule has 6 nitrogen and oxygen atoms in total. The lowest BCUT2D eigenvalue weighted by Crippen LogP contribution is -2.41. The molecule has 1 aliphatic rings. The van der Waals surface area contributed by atoms with Crippen LogP contribution in [0.5, 0.6) is 0 Å². The molecule has 1 N–H and O–H groups in total. The normalized spacial score (nSPS) is 14.5. The van der Waals surface area contributed by atoms with Crippen LogP contribution in [-0.4, -0.2) is 48.9 Å². The molecule has 7 heteroatoms. The minimum Gasteiger partial charge on any atom is -0.455 e. The Hall–Kier alpha value is -2.33. The van der Waals surface area contributed by atoms with Gasteiger partial charge in [0.25, 0.3) is 11.8 Å². The monoisotopic (exact) mass is 406 g/mol. The molecule has 0 saturated carbocycles. The number of carbonyl (C=O) groups excluding carboxylic acids is 3. The van der Waals surface area contributed by atoms with Crippen LogP contribution in [0.1, 0.15) is 23.2 Å². The quantitative estimate of drug-likeness (QED) is 0.594. The Balaban J connectivity index is 1.78. The average molecular weight is 407 g/mol. The van der Waals surface area contributed by atoms with Crippen molar-refractivity contribution in [3.8, 4) is 12.3 Å². The van der Waals surface area contributed by atoms with E-state index in [0.717, 1.165) is 4.47 Å². The van der Waals surface area contributed by atoms with Gasteiger partial charge in [-0.2, -0.15) is 0 Å². The second kappa shape index (κ2) is 9.23. The van der Waals surface area contributed by atoms with Gasteiger partial charge in [0.1, 0.15) is 0 Å². The smallest absolute Gasteiger partial charge is 0.309 e. The van der Waals surface area contributed by atoms with Gasteiger partial charge in [0.2, 0.25) is 0 Å². The summed E-state index contributed by atoms with van der Waals surface area (Å²) < 4.78 is 5.92. The predicted molar refractivity (Wildman–Crippen MR) is 95.6 cm³/mol. The van der Waals surface area contributed by atoms with Crippen molar-refractivity contribution in [2.75, 3.05) is 26.2 Å². The maximum Gasteiger partial charge on any atom is 0.309 e. The molecular formula is C18H19BrN2O4. The number of terminal acetylenes is 1. The molecule has 0 atom stereocenters. The summed E-state index contributed by atoms with van der Waals surface area (Å²) in [5.41, 5.74) is 0.620. The van der Waals surface area contributed by atoms with E-state index >= 15 is 0 Å². The number of benzene rings is 1. The molecule has 25 heavy (non-hydrogen) atoms. The van der Waals surface area contributed by atoms with Crippen molar-refractivity contribution in [1.29, 1.82) is 0 Å². The number of ether oxygens (including phenoxy) is 1. The van der Waals surface area contributed by atoms with E-state index in [4.69, 9.17) is 11.2 Å². The Kier molecular flexibility index (Phi) is 7.02. The van der Waals surface area contributed by atoms with Gasteiger partial charge in [-0.15, -0.1) is 6.42 Å². The van der Waals surface area contributed by atoms with Gasteiger partial charge in [-0.05, 0) is 37.1 Å². The molecule has 0 aliphatic carbocycles. The van der Waals surface area contributed by atoms with Crippen LogP contribution in [-0.2, 0) is 14.3 Å². The summed E-state index contributed by atoms with van der Waals surface area (Å²) in [4.78, 5) is 37.5.